The van der Waals surface area contributed by atoms with Gasteiger partial charge in [-0.2, -0.15) is 0 Å². The van der Waals surface area contributed by atoms with Crippen molar-refractivity contribution in [1.29, 1.82) is 0 Å². The van der Waals surface area contributed by atoms with Crippen molar-refractivity contribution in [3.05, 3.63) is 23.8 Å². The highest BCUT2D eigenvalue weighted by molar-refractivity contribution is 7.92. The minimum atomic E-state index is -4.02. The number of nitrogens with two attached hydrogens (primary N) is 1. The second-order valence-corrected chi connectivity index (χ2v) is 6.14. The first-order chi connectivity index (χ1) is 9.25. The maximum Gasteiger partial charge on any atom is 0.339 e. The first kappa shape index (κ1) is 16.0. The van der Waals surface area contributed by atoms with E-state index in [2.05, 4.69) is 0 Å². The summed E-state index contributed by atoms with van der Waals surface area (Å²) in [5.74, 6) is -2.27. The van der Waals surface area contributed by atoms with Crippen LogP contribution in [-0.4, -0.2) is 37.8 Å². The van der Waals surface area contributed by atoms with Crippen molar-refractivity contribution in [3.8, 4) is 5.75 Å². The fourth-order valence-corrected chi connectivity index (χ4v) is 3.38. The number of methoxy groups -OCH3 is 1. The van der Waals surface area contributed by atoms with E-state index in [1.165, 1.54) is 26.2 Å². The Kier molecular flexibility index (Phi) is 4.72. The summed E-state index contributed by atoms with van der Waals surface area (Å²) in [7, 11) is -2.75. The van der Waals surface area contributed by atoms with Crippen LogP contribution in [0, 0.1) is 0 Å². The highest BCUT2D eigenvalue weighted by Crippen LogP contribution is 2.25. The number of carbonyl (C=O) groups is 2. The monoisotopic (exact) mass is 301 g/mol. The summed E-state index contributed by atoms with van der Waals surface area (Å²) < 4.78 is 29.3. The van der Waals surface area contributed by atoms with E-state index in [0.717, 1.165) is 6.07 Å². The molecule has 0 fully saturated rings. The van der Waals surface area contributed by atoms with Crippen molar-refractivity contribution in [2.24, 2.45) is 5.73 Å². The minimum absolute atomic E-state index is 0.00605. The van der Waals surface area contributed by atoms with E-state index in [1.807, 2.05) is 0 Å². The summed E-state index contributed by atoms with van der Waals surface area (Å²) in [5, 5.41) is 7.63. The molecule has 1 amide bonds. The van der Waals surface area contributed by atoms with Crippen molar-refractivity contribution in [2.75, 3.05) is 7.11 Å². The average molecular weight is 301 g/mol. The van der Waals surface area contributed by atoms with Crippen LogP contribution in [0.4, 0.5) is 0 Å². The number of rotatable bonds is 6. The molecule has 0 aromatic heterocycles. The van der Waals surface area contributed by atoms with Gasteiger partial charge in [0.2, 0.25) is 5.91 Å². The number of hydrogen-bond donors (Lipinski definition) is 2. The third-order valence-electron chi connectivity index (χ3n) is 2.79. The first-order valence-corrected chi connectivity index (χ1v) is 7.24. The molecule has 1 unspecified atom stereocenters. The average Bonchev–Trinajstić information content (AvgIpc) is 2.37. The smallest absolute Gasteiger partial charge is 0.339 e. The molecule has 3 N–H and O–H groups in total. The summed E-state index contributed by atoms with van der Waals surface area (Å²) in [6.45, 7) is 1.51. The fraction of sp³-hybridized carbons (Fsp3) is 0.333. The normalized spacial score (nSPS) is 12.7. The Bertz CT molecular complexity index is 637. The summed E-state index contributed by atoms with van der Waals surface area (Å²) in [4.78, 5) is 22.0. The van der Waals surface area contributed by atoms with Crippen LogP contribution < -0.4 is 10.5 Å². The van der Waals surface area contributed by atoms with E-state index in [9.17, 15) is 18.0 Å². The zero-order valence-corrected chi connectivity index (χ0v) is 11.8. The Hall–Kier alpha value is -2.09. The topological polar surface area (TPSA) is 124 Å². The number of carbonyl (C=O) groups excluding carboxylic acids is 1. The molecule has 7 nitrogen and oxygen atoms in total. The Morgan fingerprint density at radius 3 is 2.40 bits per heavy atom. The number of aromatic carboxylic acids is 1. The molecule has 110 valence electrons. The van der Waals surface area contributed by atoms with Crippen molar-refractivity contribution < 1.29 is 27.9 Å². The summed E-state index contributed by atoms with van der Waals surface area (Å²) in [6, 6.07) is 3.37. The molecule has 0 saturated carbocycles. The molecule has 0 aliphatic carbocycles. The third-order valence-corrected chi connectivity index (χ3v) is 5.02. The van der Waals surface area contributed by atoms with Crippen molar-refractivity contribution in [3.63, 3.8) is 0 Å². The van der Waals surface area contributed by atoms with E-state index in [4.69, 9.17) is 15.6 Å². The molecule has 1 atom stereocenters. The summed E-state index contributed by atoms with van der Waals surface area (Å²) in [6.07, 6.45) is 0.00605. The molecule has 0 bridgehead atoms. The lowest BCUT2D eigenvalue weighted by atomic mass is 10.2. The second kappa shape index (κ2) is 5.91. The van der Waals surface area contributed by atoms with Gasteiger partial charge in [-0.3, -0.25) is 4.79 Å². The van der Waals surface area contributed by atoms with Crippen LogP contribution in [0.5, 0.6) is 5.75 Å². The fourth-order valence-electron chi connectivity index (χ4n) is 1.77. The van der Waals surface area contributed by atoms with Gasteiger partial charge in [0, 0.05) is 0 Å². The van der Waals surface area contributed by atoms with E-state index in [1.54, 1.807) is 0 Å². The van der Waals surface area contributed by atoms with E-state index in [-0.39, 0.29) is 22.6 Å². The SMILES string of the molecule is CCC(C(N)=O)S(=O)(=O)c1ccc(OC)c(C(=O)O)c1. The van der Waals surface area contributed by atoms with Gasteiger partial charge in [0.25, 0.3) is 0 Å². The van der Waals surface area contributed by atoms with Crippen LogP contribution in [0.15, 0.2) is 23.1 Å². The molecular weight excluding hydrogens is 286 g/mol. The number of primary amides is 1. The van der Waals surface area contributed by atoms with E-state index >= 15 is 0 Å². The highest BCUT2D eigenvalue weighted by atomic mass is 32.2. The molecule has 1 aromatic carbocycles. The zero-order chi connectivity index (χ0) is 15.5. The molecule has 0 radical (unpaired) electrons. The van der Waals surface area contributed by atoms with Gasteiger partial charge in [-0.1, -0.05) is 6.92 Å². The standard InChI is InChI=1S/C12H15NO6S/c1-3-10(11(13)14)20(17,18)7-4-5-9(19-2)8(6-7)12(15)16/h4-6,10H,3H2,1-2H3,(H2,13,14)(H,15,16). The molecule has 0 heterocycles. The minimum Gasteiger partial charge on any atom is -0.496 e. The molecule has 0 spiro atoms. The maximum absolute atomic E-state index is 12.2. The molecule has 1 rings (SSSR count). The summed E-state index contributed by atoms with van der Waals surface area (Å²) >= 11 is 0. The Morgan fingerprint density at radius 1 is 1.40 bits per heavy atom. The van der Waals surface area contributed by atoms with Gasteiger partial charge in [0.1, 0.15) is 16.6 Å². The molecule has 8 heteroatoms. The molecule has 0 aliphatic heterocycles. The van der Waals surface area contributed by atoms with Crippen LogP contribution in [0.1, 0.15) is 23.7 Å². The van der Waals surface area contributed by atoms with Crippen LogP contribution in [0.25, 0.3) is 0 Å². The predicted octanol–water partition coefficient (Wildman–Crippen LogP) is 0.431. The quantitative estimate of drug-likeness (QED) is 0.785. The lowest BCUT2D eigenvalue weighted by molar-refractivity contribution is -0.117. The Labute approximate surface area is 116 Å². The van der Waals surface area contributed by atoms with Gasteiger partial charge >= 0.3 is 5.97 Å². The van der Waals surface area contributed by atoms with Crippen molar-refractivity contribution in [2.45, 2.75) is 23.5 Å². The maximum atomic E-state index is 12.2. The van der Waals surface area contributed by atoms with Gasteiger partial charge in [-0.15, -0.1) is 0 Å². The number of sulfone groups is 1. The number of carboxylic acid groups (broad SMARTS) is 1. The number of benzene rings is 1. The number of ether oxygens (including phenoxy) is 1. The number of carboxylic acids is 1. The molecule has 20 heavy (non-hydrogen) atoms. The highest BCUT2D eigenvalue weighted by Gasteiger charge is 2.31. The Morgan fingerprint density at radius 2 is 2.00 bits per heavy atom. The van der Waals surface area contributed by atoms with Gasteiger partial charge in [-0.25, -0.2) is 13.2 Å². The Balaban J connectivity index is 3.44. The lowest BCUT2D eigenvalue weighted by Crippen LogP contribution is -2.35. The molecule has 0 aliphatic rings. The number of hydrogen-bond acceptors (Lipinski definition) is 5. The van der Waals surface area contributed by atoms with Crippen molar-refractivity contribution >= 4 is 21.7 Å². The van der Waals surface area contributed by atoms with E-state index < -0.39 is 27.0 Å². The van der Waals surface area contributed by atoms with Gasteiger partial charge in [0.15, 0.2) is 9.84 Å². The lowest BCUT2D eigenvalue weighted by Gasteiger charge is -2.13. The van der Waals surface area contributed by atoms with Crippen molar-refractivity contribution in [1.82, 2.24) is 0 Å². The first-order valence-electron chi connectivity index (χ1n) is 5.70. The third kappa shape index (κ3) is 2.90. The van der Waals surface area contributed by atoms with Crippen LogP contribution >= 0.6 is 0 Å². The van der Waals surface area contributed by atoms with Gasteiger partial charge < -0.3 is 15.6 Å². The predicted molar refractivity (Wildman–Crippen MR) is 70.4 cm³/mol. The van der Waals surface area contributed by atoms with Gasteiger partial charge in [-0.05, 0) is 24.6 Å². The van der Waals surface area contributed by atoms with Gasteiger partial charge in [0.05, 0.1) is 12.0 Å². The molecule has 0 saturated heterocycles. The van der Waals surface area contributed by atoms with E-state index in [0.29, 0.717) is 0 Å². The van der Waals surface area contributed by atoms with Crippen LogP contribution in [0.2, 0.25) is 0 Å². The zero-order valence-electron chi connectivity index (χ0n) is 11.0. The van der Waals surface area contributed by atoms with Crippen LogP contribution in [0.3, 0.4) is 0 Å². The largest absolute Gasteiger partial charge is 0.496 e. The van der Waals surface area contributed by atoms with Crippen LogP contribution in [-0.2, 0) is 14.6 Å². The molecule has 1 aromatic rings. The second-order valence-electron chi connectivity index (χ2n) is 4.01. The number of amides is 1. The molecular formula is C12H15NO6S. The summed E-state index contributed by atoms with van der Waals surface area (Å²) in [5.41, 5.74) is 4.77.